The highest BCUT2D eigenvalue weighted by atomic mass is 32.2. The zero-order valence-electron chi connectivity index (χ0n) is 15.3. The average molecular weight is 392 g/mol. The average Bonchev–Trinajstić information content (AvgIpc) is 3.43. The standard InChI is InChI=1S/C20H20N6OS/c27-20-24-11-5-4-8-17(24)23-26(20)12-13-28-19-22-21-18(16-9-10-16)25(19)14-15-6-2-1-3-7-15/h1-8,11,16H,9-10,12-14H2. The molecule has 0 atom stereocenters. The summed E-state index contributed by atoms with van der Waals surface area (Å²) in [6, 6.07) is 15.9. The maximum Gasteiger partial charge on any atom is 0.350 e. The van der Waals surface area contributed by atoms with Crippen molar-refractivity contribution in [2.45, 2.75) is 37.0 Å². The van der Waals surface area contributed by atoms with Gasteiger partial charge in [0, 0.05) is 17.9 Å². The summed E-state index contributed by atoms with van der Waals surface area (Å²) in [5, 5.41) is 14.2. The summed E-state index contributed by atoms with van der Waals surface area (Å²) in [4.78, 5) is 12.4. The zero-order valence-corrected chi connectivity index (χ0v) is 16.1. The third kappa shape index (κ3) is 3.35. The molecule has 3 heterocycles. The van der Waals surface area contributed by atoms with Gasteiger partial charge < -0.3 is 4.57 Å². The minimum Gasteiger partial charge on any atom is -0.301 e. The lowest BCUT2D eigenvalue weighted by atomic mass is 10.2. The Labute approximate surface area is 166 Å². The van der Waals surface area contributed by atoms with Gasteiger partial charge in [-0.05, 0) is 30.5 Å². The van der Waals surface area contributed by atoms with Crippen LogP contribution >= 0.6 is 11.8 Å². The van der Waals surface area contributed by atoms with Crippen molar-refractivity contribution in [3.05, 3.63) is 76.6 Å². The van der Waals surface area contributed by atoms with Gasteiger partial charge in [0.25, 0.3) is 0 Å². The van der Waals surface area contributed by atoms with Crippen LogP contribution in [0.5, 0.6) is 0 Å². The third-order valence-electron chi connectivity index (χ3n) is 4.89. The molecule has 7 nitrogen and oxygen atoms in total. The largest absolute Gasteiger partial charge is 0.350 e. The predicted molar refractivity (Wildman–Crippen MR) is 108 cm³/mol. The summed E-state index contributed by atoms with van der Waals surface area (Å²) >= 11 is 1.63. The first kappa shape index (κ1) is 17.2. The minimum atomic E-state index is -0.111. The monoisotopic (exact) mass is 392 g/mol. The van der Waals surface area contributed by atoms with E-state index in [4.69, 9.17) is 0 Å². The van der Waals surface area contributed by atoms with Crippen molar-refractivity contribution in [1.29, 1.82) is 0 Å². The Bertz CT molecular complexity index is 1160. The first-order valence-electron chi connectivity index (χ1n) is 9.43. The number of rotatable bonds is 7. The second kappa shape index (κ2) is 7.27. The van der Waals surface area contributed by atoms with Gasteiger partial charge >= 0.3 is 5.69 Å². The summed E-state index contributed by atoms with van der Waals surface area (Å²) in [5.74, 6) is 2.32. The number of aryl methyl sites for hydroxylation is 1. The Morgan fingerprint density at radius 1 is 1.04 bits per heavy atom. The first-order valence-corrected chi connectivity index (χ1v) is 10.4. The lowest BCUT2D eigenvalue weighted by Gasteiger charge is -2.10. The molecule has 3 aromatic heterocycles. The van der Waals surface area contributed by atoms with Crippen molar-refractivity contribution in [2.75, 3.05) is 5.75 Å². The Morgan fingerprint density at radius 3 is 2.64 bits per heavy atom. The highest BCUT2D eigenvalue weighted by Crippen LogP contribution is 2.40. The van der Waals surface area contributed by atoms with E-state index in [1.54, 1.807) is 22.4 Å². The molecule has 4 aromatic rings. The Morgan fingerprint density at radius 2 is 1.86 bits per heavy atom. The number of benzene rings is 1. The van der Waals surface area contributed by atoms with Crippen LogP contribution in [-0.4, -0.2) is 34.7 Å². The van der Waals surface area contributed by atoms with Gasteiger partial charge in [0.15, 0.2) is 10.8 Å². The van der Waals surface area contributed by atoms with Gasteiger partial charge in [-0.25, -0.2) is 9.48 Å². The highest BCUT2D eigenvalue weighted by molar-refractivity contribution is 7.99. The number of hydrogen-bond donors (Lipinski definition) is 0. The molecule has 0 N–H and O–H groups in total. The fourth-order valence-corrected chi connectivity index (χ4v) is 4.16. The maximum atomic E-state index is 12.4. The van der Waals surface area contributed by atoms with Crippen molar-refractivity contribution in [2.24, 2.45) is 0 Å². The molecule has 0 bridgehead atoms. The van der Waals surface area contributed by atoms with Crippen LogP contribution in [0.25, 0.3) is 5.65 Å². The smallest absolute Gasteiger partial charge is 0.301 e. The van der Waals surface area contributed by atoms with Gasteiger partial charge in [0.05, 0.1) is 13.1 Å². The summed E-state index contributed by atoms with van der Waals surface area (Å²) in [5.41, 5.74) is 1.80. The van der Waals surface area contributed by atoms with Crippen molar-refractivity contribution in [3.8, 4) is 0 Å². The van der Waals surface area contributed by atoms with Crippen molar-refractivity contribution < 1.29 is 0 Å². The lowest BCUT2D eigenvalue weighted by molar-refractivity contribution is 0.635. The number of nitrogens with zero attached hydrogens (tertiary/aromatic N) is 6. The molecule has 0 spiro atoms. The summed E-state index contributed by atoms with van der Waals surface area (Å²) in [7, 11) is 0. The molecule has 0 aliphatic heterocycles. The van der Waals surface area contributed by atoms with Crippen LogP contribution in [0.1, 0.15) is 30.1 Å². The molecule has 1 aliphatic rings. The van der Waals surface area contributed by atoms with Crippen LogP contribution in [0, 0.1) is 0 Å². The van der Waals surface area contributed by atoms with E-state index in [2.05, 4.69) is 44.1 Å². The number of fused-ring (bicyclic) bond motifs is 1. The maximum absolute atomic E-state index is 12.4. The summed E-state index contributed by atoms with van der Waals surface area (Å²) < 4.78 is 5.31. The fourth-order valence-electron chi connectivity index (χ4n) is 3.30. The number of thioether (sulfide) groups is 1. The molecule has 0 unspecified atom stereocenters. The van der Waals surface area contributed by atoms with E-state index in [-0.39, 0.29) is 5.69 Å². The van der Waals surface area contributed by atoms with E-state index in [0.29, 0.717) is 23.9 Å². The second-order valence-electron chi connectivity index (χ2n) is 6.97. The van der Waals surface area contributed by atoms with E-state index < -0.39 is 0 Å². The van der Waals surface area contributed by atoms with Crippen molar-refractivity contribution >= 4 is 17.4 Å². The topological polar surface area (TPSA) is 70.0 Å². The van der Waals surface area contributed by atoms with Crippen LogP contribution in [-0.2, 0) is 13.1 Å². The van der Waals surface area contributed by atoms with Gasteiger partial charge in [-0.3, -0.25) is 4.40 Å². The second-order valence-corrected chi connectivity index (χ2v) is 8.03. The van der Waals surface area contributed by atoms with Crippen molar-refractivity contribution in [1.82, 2.24) is 28.9 Å². The van der Waals surface area contributed by atoms with Gasteiger partial charge in [0.1, 0.15) is 5.82 Å². The molecule has 0 radical (unpaired) electrons. The molecule has 142 valence electrons. The number of hydrogen-bond acceptors (Lipinski definition) is 5. The third-order valence-corrected chi connectivity index (χ3v) is 5.84. The first-order chi connectivity index (χ1) is 13.8. The van der Waals surface area contributed by atoms with Crippen LogP contribution in [0.2, 0.25) is 0 Å². The molecule has 1 aromatic carbocycles. The zero-order chi connectivity index (χ0) is 18.9. The van der Waals surface area contributed by atoms with Gasteiger partial charge in [-0.15, -0.1) is 15.3 Å². The van der Waals surface area contributed by atoms with Crippen LogP contribution in [0.4, 0.5) is 0 Å². The normalized spacial score (nSPS) is 14.0. The highest BCUT2D eigenvalue weighted by Gasteiger charge is 2.30. The molecule has 1 fully saturated rings. The number of aromatic nitrogens is 6. The Hall–Kier alpha value is -2.87. The molecular formula is C20H20N6OS. The quantitative estimate of drug-likeness (QED) is 0.452. The molecule has 1 saturated carbocycles. The van der Waals surface area contributed by atoms with Gasteiger partial charge in [-0.1, -0.05) is 48.2 Å². The van der Waals surface area contributed by atoms with E-state index in [1.807, 2.05) is 24.3 Å². The summed E-state index contributed by atoms with van der Waals surface area (Å²) in [6.45, 7) is 1.30. The molecule has 0 amide bonds. The molecule has 0 saturated heterocycles. The van der Waals surface area contributed by atoms with Crippen molar-refractivity contribution in [3.63, 3.8) is 0 Å². The molecule has 8 heteroatoms. The van der Waals surface area contributed by atoms with E-state index in [9.17, 15) is 4.79 Å². The minimum absolute atomic E-state index is 0.111. The summed E-state index contributed by atoms with van der Waals surface area (Å²) in [6.07, 6.45) is 4.12. The lowest BCUT2D eigenvalue weighted by Crippen LogP contribution is -2.22. The number of pyridine rings is 1. The van der Waals surface area contributed by atoms with E-state index in [1.165, 1.54) is 23.1 Å². The van der Waals surface area contributed by atoms with E-state index >= 15 is 0 Å². The molecule has 1 aliphatic carbocycles. The molecular weight excluding hydrogens is 372 g/mol. The Balaban J connectivity index is 1.33. The van der Waals surface area contributed by atoms with Gasteiger partial charge in [-0.2, -0.15) is 0 Å². The van der Waals surface area contributed by atoms with Crippen LogP contribution < -0.4 is 5.69 Å². The van der Waals surface area contributed by atoms with E-state index in [0.717, 1.165) is 17.5 Å². The molecule has 5 rings (SSSR count). The van der Waals surface area contributed by atoms with Crippen LogP contribution in [0.3, 0.4) is 0 Å². The van der Waals surface area contributed by atoms with Crippen LogP contribution in [0.15, 0.2) is 64.7 Å². The predicted octanol–water partition coefficient (Wildman–Crippen LogP) is 2.81. The molecule has 28 heavy (non-hydrogen) atoms. The van der Waals surface area contributed by atoms with Gasteiger partial charge in [0.2, 0.25) is 0 Å². The fraction of sp³-hybridized carbons (Fsp3) is 0.300. The SMILES string of the molecule is O=c1n(CCSc2nnc(C3CC3)n2Cc2ccccc2)nc2ccccn12. The Kier molecular flexibility index (Phi) is 4.48.